The van der Waals surface area contributed by atoms with Gasteiger partial charge in [-0.25, -0.2) is 13.4 Å². The van der Waals surface area contributed by atoms with Gasteiger partial charge >= 0.3 is 6.18 Å². The standard InChI is InChI=1S/C18H19F3N2O3S2/c1-11-5-6-12(2)13(9-11)28(25,26)17(7-3-4-8-17)15(24)23-16-22-14(10-27-16)18(19,20)21/h5-6,9-10H,3-4,7-8H2,1-2H3,(H,22,23,24). The molecule has 1 aromatic carbocycles. The Balaban J connectivity index is 1.99. The van der Waals surface area contributed by atoms with E-state index in [0.29, 0.717) is 29.7 Å². The fraction of sp³-hybridized carbons (Fsp3) is 0.444. The number of carbonyl (C=O) groups is 1. The molecule has 0 spiro atoms. The number of hydrogen-bond acceptors (Lipinski definition) is 5. The summed E-state index contributed by atoms with van der Waals surface area (Å²) >= 11 is 0.616. The van der Waals surface area contributed by atoms with Gasteiger partial charge < -0.3 is 5.32 Å². The summed E-state index contributed by atoms with van der Waals surface area (Å²) in [5.74, 6) is -0.825. The van der Waals surface area contributed by atoms with Crippen LogP contribution in [-0.2, 0) is 20.8 Å². The van der Waals surface area contributed by atoms with Crippen molar-refractivity contribution in [1.82, 2.24) is 4.98 Å². The number of thiazole rings is 1. The quantitative estimate of drug-likeness (QED) is 0.772. The van der Waals surface area contributed by atoms with Crippen LogP contribution in [0.15, 0.2) is 28.5 Å². The summed E-state index contributed by atoms with van der Waals surface area (Å²) in [5, 5.41) is 2.84. The Hall–Kier alpha value is -1.94. The van der Waals surface area contributed by atoms with E-state index in [2.05, 4.69) is 10.3 Å². The van der Waals surface area contributed by atoms with Gasteiger partial charge in [0.15, 0.2) is 25.4 Å². The van der Waals surface area contributed by atoms with Gasteiger partial charge in [-0.3, -0.25) is 4.79 Å². The minimum Gasteiger partial charge on any atom is -0.301 e. The molecule has 0 bridgehead atoms. The van der Waals surface area contributed by atoms with Gasteiger partial charge in [0.2, 0.25) is 5.91 Å². The van der Waals surface area contributed by atoms with Crippen LogP contribution in [0.3, 0.4) is 0 Å². The third kappa shape index (κ3) is 3.55. The van der Waals surface area contributed by atoms with E-state index in [4.69, 9.17) is 0 Å². The topological polar surface area (TPSA) is 76.1 Å². The van der Waals surface area contributed by atoms with Crippen molar-refractivity contribution < 1.29 is 26.4 Å². The first-order valence-corrected chi connectivity index (χ1v) is 11.0. The Kier molecular flexibility index (Phi) is 5.30. The maximum Gasteiger partial charge on any atom is 0.434 e. The third-order valence-corrected chi connectivity index (χ3v) is 8.39. The monoisotopic (exact) mass is 432 g/mol. The molecule has 0 radical (unpaired) electrons. The van der Waals surface area contributed by atoms with Gasteiger partial charge in [0.05, 0.1) is 4.90 Å². The number of carbonyl (C=O) groups excluding carboxylic acids is 1. The molecule has 152 valence electrons. The first-order valence-electron chi connectivity index (χ1n) is 8.63. The number of nitrogens with zero attached hydrogens (tertiary/aromatic N) is 1. The number of anilines is 1. The molecule has 1 heterocycles. The summed E-state index contributed by atoms with van der Waals surface area (Å²) in [6, 6.07) is 4.99. The lowest BCUT2D eigenvalue weighted by atomic mass is 10.1. The molecule has 3 rings (SSSR count). The van der Waals surface area contributed by atoms with E-state index >= 15 is 0 Å². The zero-order chi connectivity index (χ0) is 20.7. The largest absolute Gasteiger partial charge is 0.434 e. The van der Waals surface area contributed by atoms with Crippen LogP contribution in [0.5, 0.6) is 0 Å². The van der Waals surface area contributed by atoms with Gasteiger partial charge in [-0.2, -0.15) is 13.2 Å². The number of aryl methyl sites for hydroxylation is 2. The lowest BCUT2D eigenvalue weighted by Crippen LogP contribution is -2.47. The molecule has 2 aromatic rings. The molecule has 1 N–H and O–H groups in total. The van der Waals surface area contributed by atoms with E-state index in [1.54, 1.807) is 26.0 Å². The first-order chi connectivity index (χ1) is 13.0. The van der Waals surface area contributed by atoms with Crippen LogP contribution in [0.25, 0.3) is 0 Å². The molecule has 1 aliphatic carbocycles. The van der Waals surface area contributed by atoms with E-state index in [1.807, 2.05) is 0 Å². The lowest BCUT2D eigenvalue weighted by molar-refractivity contribution is -0.140. The number of amides is 1. The molecule has 1 aromatic heterocycles. The summed E-state index contributed by atoms with van der Waals surface area (Å²) in [4.78, 5) is 16.5. The van der Waals surface area contributed by atoms with Crippen molar-refractivity contribution in [2.24, 2.45) is 0 Å². The molecule has 0 aliphatic heterocycles. The van der Waals surface area contributed by atoms with E-state index < -0.39 is 32.4 Å². The third-order valence-electron chi connectivity index (χ3n) is 4.99. The van der Waals surface area contributed by atoms with Crippen molar-refractivity contribution in [1.29, 1.82) is 0 Å². The maximum absolute atomic E-state index is 13.5. The second-order valence-corrected chi connectivity index (χ2v) is 10.0. The Morgan fingerprint density at radius 3 is 2.43 bits per heavy atom. The summed E-state index contributed by atoms with van der Waals surface area (Å²) in [6.07, 6.45) is -3.31. The number of hydrogen-bond donors (Lipinski definition) is 1. The summed E-state index contributed by atoms with van der Waals surface area (Å²) < 4.78 is 63.5. The van der Waals surface area contributed by atoms with E-state index in [-0.39, 0.29) is 22.9 Å². The Labute approximate surface area is 164 Å². The van der Waals surface area contributed by atoms with Crippen molar-refractivity contribution in [3.05, 3.63) is 40.4 Å². The summed E-state index contributed by atoms with van der Waals surface area (Å²) in [5.41, 5.74) is 0.149. The molecule has 1 aliphatic rings. The zero-order valence-electron chi connectivity index (χ0n) is 15.3. The zero-order valence-corrected chi connectivity index (χ0v) is 16.9. The number of halogens is 3. The van der Waals surface area contributed by atoms with Crippen molar-refractivity contribution >= 4 is 32.2 Å². The molecule has 0 atom stereocenters. The average Bonchev–Trinajstić information content (AvgIpc) is 3.26. The normalized spacial score (nSPS) is 16.9. The molecule has 1 fully saturated rings. The van der Waals surface area contributed by atoms with Crippen molar-refractivity contribution in [3.8, 4) is 0 Å². The Morgan fingerprint density at radius 1 is 1.21 bits per heavy atom. The van der Waals surface area contributed by atoms with Gasteiger partial charge in [0, 0.05) is 5.38 Å². The SMILES string of the molecule is Cc1ccc(C)c(S(=O)(=O)C2(C(=O)Nc3nc(C(F)(F)F)cs3)CCCC2)c1. The summed E-state index contributed by atoms with van der Waals surface area (Å²) in [7, 11) is -4.05. The number of alkyl halides is 3. The van der Waals surface area contributed by atoms with E-state index in [1.165, 1.54) is 6.07 Å². The van der Waals surface area contributed by atoms with Gasteiger partial charge in [-0.15, -0.1) is 11.3 Å². The predicted octanol–water partition coefficient (Wildman–Crippen LogP) is 4.50. The number of rotatable bonds is 4. The Morgan fingerprint density at radius 2 is 1.86 bits per heavy atom. The van der Waals surface area contributed by atoms with Crippen LogP contribution < -0.4 is 5.32 Å². The molecule has 28 heavy (non-hydrogen) atoms. The molecule has 1 amide bonds. The highest BCUT2D eigenvalue weighted by atomic mass is 32.2. The highest BCUT2D eigenvalue weighted by Crippen LogP contribution is 2.43. The van der Waals surface area contributed by atoms with Crippen LogP contribution in [0.2, 0.25) is 0 Å². The molecule has 0 saturated heterocycles. The number of nitrogens with one attached hydrogen (secondary N) is 1. The van der Waals surface area contributed by atoms with Crippen LogP contribution in [0.4, 0.5) is 18.3 Å². The highest BCUT2D eigenvalue weighted by molar-refractivity contribution is 7.93. The molecule has 0 unspecified atom stereocenters. The second kappa shape index (κ2) is 7.14. The molecular formula is C18H19F3N2O3S2. The lowest BCUT2D eigenvalue weighted by Gasteiger charge is -2.28. The average molecular weight is 432 g/mol. The second-order valence-electron chi connectivity index (χ2n) is 6.96. The Bertz CT molecular complexity index is 1010. The number of sulfone groups is 1. The van der Waals surface area contributed by atoms with E-state index in [0.717, 1.165) is 10.9 Å². The molecule has 5 nitrogen and oxygen atoms in total. The molecule has 10 heteroatoms. The minimum atomic E-state index is -4.63. The van der Waals surface area contributed by atoms with Crippen LogP contribution in [0.1, 0.15) is 42.5 Å². The van der Waals surface area contributed by atoms with Gasteiger partial charge in [-0.1, -0.05) is 25.0 Å². The number of benzene rings is 1. The smallest absolute Gasteiger partial charge is 0.301 e. The van der Waals surface area contributed by atoms with Crippen molar-refractivity contribution in [2.75, 3.05) is 5.32 Å². The first kappa shape index (κ1) is 20.8. The van der Waals surface area contributed by atoms with Crippen LogP contribution >= 0.6 is 11.3 Å². The van der Waals surface area contributed by atoms with Gasteiger partial charge in [0.1, 0.15) is 0 Å². The fourth-order valence-electron chi connectivity index (χ4n) is 3.44. The molecular weight excluding hydrogens is 413 g/mol. The predicted molar refractivity (Wildman–Crippen MR) is 100 cm³/mol. The molecule has 1 saturated carbocycles. The van der Waals surface area contributed by atoms with E-state index in [9.17, 15) is 26.4 Å². The van der Waals surface area contributed by atoms with Crippen LogP contribution in [0, 0.1) is 13.8 Å². The van der Waals surface area contributed by atoms with Gasteiger partial charge in [0.25, 0.3) is 0 Å². The van der Waals surface area contributed by atoms with Crippen LogP contribution in [-0.4, -0.2) is 24.1 Å². The van der Waals surface area contributed by atoms with Crippen molar-refractivity contribution in [2.45, 2.75) is 55.3 Å². The van der Waals surface area contributed by atoms with Crippen molar-refractivity contribution in [3.63, 3.8) is 0 Å². The fourth-order valence-corrected chi connectivity index (χ4v) is 6.53. The number of aromatic nitrogens is 1. The summed E-state index contributed by atoms with van der Waals surface area (Å²) in [6.45, 7) is 3.41. The van der Waals surface area contributed by atoms with Gasteiger partial charge in [-0.05, 0) is 43.9 Å². The highest BCUT2D eigenvalue weighted by Gasteiger charge is 2.53. The maximum atomic E-state index is 13.5. The minimum absolute atomic E-state index is 0.0830.